The van der Waals surface area contributed by atoms with Gasteiger partial charge in [-0.05, 0) is 12.1 Å². The molecule has 2 aromatic rings. The first-order valence-corrected chi connectivity index (χ1v) is 5.17. The van der Waals surface area contributed by atoms with E-state index in [1.165, 1.54) is 0 Å². The molecule has 0 aliphatic rings. The summed E-state index contributed by atoms with van der Waals surface area (Å²) in [6.45, 7) is 0. The van der Waals surface area contributed by atoms with Gasteiger partial charge in [-0.25, -0.2) is 4.98 Å². The summed E-state index contributed by atoms with van der Waals surface area (Å²) in [5.74, 6) is 0. The Hall–Kier alpha value is -0.930. The summed E-state index contributed by atoms with van der Waals surface area (Å²) >= 11 is 9.31. The van der Waals surface area contributed by atoms with E-state index in [1.54, 1.807) is 12.4 Å². The average Bonchev–Trinajstić information content (AvgIpc) is 2.18. The van der Waals surface area contributed by atoms with Gasteiger partial charge in [-0.3, -0.25) is 4.98 Å². The molecule has 14 heavy (non-hydrogen) atoms. The van der Waals surface area contributed by atoms with Gasteiger partial charge in [0.2, 0.25) is 0 Å². The van der Waals surface area contributed by atoms with E-state index in [2.05, 4.69) is 25.9 Å². The molecule has 0 spiro atoms. The summed E-state index contributed by atoms with van der Waals surface area (Å²) < 4.78 is 0.997. The molecule has 0 saturated heterocycles. The average molecular weight is 270 g/mol. The van der Waals surface area contributed by atoms with Crippen LogP contribution in [-0.4, -0.2) is 9.97 Å². The Balaban J connectivity index is 2.55. The van der Waals surface area contributed by atoms with Crippen molar-refractivity contribution in [2.75, 3.05) is 0 Å². The Morgan fingerprint density at radius 2 is 1.93 bits per heavy atom. The minimum atomic E-state index is 0.422. The van der Waals surface area contributed by atoms with Gasteiger partial charge < -0.3 is 0 Å². The van der Waals surface area contributed by atoms with Crippen LogP contribution in [0.15, 0.2) is 41.1 Å². The molecular formula is C10H6BrClN2. The molecule has 2 rings (SSSR count). The Morgan fingerprint density at radius 1 is 1.14 bits per heavy atom. The number of nitrogens with zero attached hydrogens (tertiary/aromatic N) is 2. The summed E-state index contributed by atoms with van der Waals surface area (Å²) in [7, 11) is 0. The molecule has 0 bridgehead atoms. The van der Waals surface area contributed by atoms with Crippen LogP contribution in [0.2, 0.25) is 5.15 Å². The summed E-state index contributed by atoms with van der Waals surface area (Å²) in [5.41, 5.74) is 1.66. The van der Waals surface area contributed by atoms with Crippen LogP contribution in [0.5, 0.6) is 0 Å². The van der Waals surface area contributed by atoms with Gasteiger partial charge in [0, 0.05) is 22.4 Å². The van der Waals surface area contributed by atoms with Gasteiger partial charge in [-0.1, -0.05) is 39.7 Å². The molecule has 0 N–H and O–H groups in total. The van der Waals surface area contributed by atoms with Crippen molar-refractivity contribution >= 4 is 27.5 Å². The van der Waals surface area contributed by atoms with Crippen molar-refractivity contribution in [3.8, 4) is 11.3 Å². The fraction of sp³-hybridized carbons (Fsp3) is 0. The number of hydrogen-bond donors (Lipinski definition) is 0. The van der Waals surface area contributed by atoms with E-state index in [9.17, 15) is 0 Å². The quantitative estimate of drug-likeness (QED) is 0.791. The third-order valence-electron chi connectivity index (χ3n) is 1.75. The molecule has 1 heterocycles. The molecule has 1 aromatic heterocycles. The second-order valence-electron chi connectivity index (χ2n) is 2.71. The van der Waals surface area contributed by atoms with Gasteiger partial charge in [-0.2, -0.15) is 0 Å². The van der Waals surface area contributed by atoms with Gasteiger partial charge in [0.05, 0.1) is 0 Å². The van der Waals surface area contributed by atoms with Crippen LogP contribution < -0.4 is 0 Å². The smallest absolute Gasteiger partial charge is 0.155 e. The molecule has 0 saturated carbocycles. The molecule has 4 heteroatoms. The second-order valence-corrected chi connectivity index (χ2v) is 3.98. The summed E-state index contributed by atoms with van der Waals surface area (Å²) in [4.78, 5) is 8.15. The summed E-state index contributed by atoms with van der Waals surface area (Å²) in [5, 5.41) is 0.422. The Kier molecular flexibility index (Phi) is 2.79. The Morgan fingerprint density at radius 3 is 2.64 bits per heavy atom. The van der Waals surface area contributed by atoms with Crippen molar-refractivity contribution < 1.29 is 0 Å². The molecule has 0 amide bonds. The highest BCUT2D eigenvalue weighted by Gasteiger charge is 2.04. The maximum absolute atomic E-state index is 5.92. The largest absolute Gasteiger partial charge is 0.251 e. The molecular weight excluding hydrogens is 263 g/mol. The first-order chi connectivity index (χ1) is 6.77. The molecule has 0 fully saturated rings. The molecule has 1 aromatic carbocycles. The second kappa shape index (κ2) is 4.07. The lowest BCUT2D eigenvalue weighted by Crippen LogP contribution is -1.86. The van der Waals surface area contributed by atoms with Crippen molar-refractivity contribution in [3.63, 3.8) is 0 Å². The van der Waals surface area contributed by atoms with E-state index in [1.807, 2.05) is 24.3 Å². The van der Waals surface area contributed by atoms with Crippen LogP contribution in [0.1, 0.15) is 0 Å². The third-order valence-corrected chi connectivity index (χ3v) is 2.52. The normalized spacial score (nSPS) is 10.1. The van der Waals surface area contributed by atoms with Crippen LogP contribution in [0.4, 0.5) is 0 Å². The topological polar surface area (TPSA) is 25.8 Å². The van der Waals surface area contributed by atoms with Crippen molar-refractivity contribution in [1.82, 2.24) is 9.97 Å². The lowest BCUT2D eigenvalue weighted by atomic mass is 10.2. The number of aromatic nitrogens is 2. The number of rotatable bonds is 1. The highest BCUT2D eigenvalue weighted by molar-refractivity contribution is 9.10. The maximum atomic E-state index is 5.92. The molecule has 2 nitrogen and oxygen atoms in total. The lowest BCUT2D eigenvalue weighted by Gasteiger charge is -2.01. The van der Waals surface area contributed by atoms with Gasteiger partial charge in [-0.15, -0.1) is 0 Å². The predicted octanol–water partition coefficient (Wildman–Crippen LogP) is 3.56. The molecule has 70 valence electrons. The van der Waals surface area contributed by atoms with Crippen LogP contribution in [0.25, 0.3) is 11.3 Å². The SMILES string of the molecule is Clc1nccnc1-c1cccc(Br)c1. The first-order valence-electron chi connectivity index (χ1n) is 4.00. The van der Waals surface area contributed by atoms with E-state index in [4.69, 9.17) is 11.6 Å². The number of halogens is 2. The molecule has 0 aliphatic carbocycles. The molecule has 0 unspecified atom stereocenters. The highest BCUT2D eigenvalue weighted by Crippen LogP contribution is 2.25. The van der Waals surface area contributed by atoms with E-state index in [0.29, 0.717) is 10.8 Å². The Bertz CT molecular complexity index is 459. The van der Waals surface area contributed by atoms with E-state index in [-0.39, 0.29) is 0 Å². The zero-order valence-electron chi connectivity index (χ0n) is 7.11. The maximum Gasteiger partial charge on any atom is 0.155 e. The van der Waals surface area contributed by atoms with Crippen molar-refractivity contribution in [2.45, 2.75) is 0 Å². The minimum absolute atomic E-state index is 0.422. The van der Waals surface area contributed by atoms with Gasteiger partial charge in [0.25, 0.3) is 0 Å². The molecule has 0 radical (unpaired) electrons. The summed E-state index contributed by atoms with van der Waals surface area (Å²) in [6.07, 6.45) is 3.20. The fourth-order valence-corrected chi connectivity index (χ4v) is 1.76. The van der Waals surface area contributed by atoms with Crippen LogP contribution >= 0.6 is 27.5 Å². The van der Waals surface area contributed by atoms with Gasteiger partial charge in [0.15, 0.2) is 5.15 Å². The first kappa shape index (κ1) is 9.62. The minimum Gasteiger partial charge on any atom is -0.251 e. The highest BCUT2D eigenvalue weighted by atomic mass is 79.9. The molecule has 0 aliphatic heterocycles. The van der Waals surface area contributed by atoms with E-state index in [0.717, 1.165) is 10.0 Å². The third kappa shape index (κ3) is 1.94. The van der Waals surface area contributed by atoms with Crippen LogP contribution in [0.3, 0.4) is 0 Å². The fourth-order valence-electron chi connectivity index (χ4n) is 1.15. The number of hydrogen-bond acceptors (Lipinski definition) is 2. The van der Waals surface area contributed by atoms with Gasteiger partial charge in [0.1, 0.15) is 5.69 Å². The van der Waals surface area contributed by atoms with Crippen LogP contribution in [-0.2, 0) is 0 Å². The van der Waals surface area contributed by atoms with Crippen molar-refractivity contribution in [1.29, 1.82) is 0 Å². The number of benzene rings is 1. The Labute approximate surface area is 95.1 Å². The monoisotopic (exact) mass is 268 g/mol. The lowest BCUT2D eigenvalue weighted by molar-refractivity contribution is 1.20. The zero-order chi connectivity index (χ0) is 9.97. The van der Waals surface area contributed by atoms with E-state index >= 15 is 0 Å². The van der Waals surface area contributed by atoms with Gasteiger partial charge >= 0.3 is 0 Å². The van der Waals surface area contributed by atoms with Crippen molar-refractivity contribution in [3.05, 3.63) is 46.3 Å². The van der Waals surface area contributed by atoms with Crippen molar-refractivity contribution in [2.24, 2.45) is 0 Å². The summed E-state index contributed by atoms with van der Waals surface area (Å²) in [6, 6.07) is 7.79. The van der Waals surface area contributed by atoms with Crippen LogP contribution in [0, 0.1) is 0 Å². The van der Waals surface area contributed by atoms with E-state index < -0.39 is 0 Å². The predicted molar refractivity (Wildman–Crippen MR) is 60.2 cm³/mol. The standard InChI is InChI=1S/C10H6BrClN2/c11-8-3-1-2-7(6-8)9-10(12)14-5-4-13-9/h1-6H. The molecule has 0 atom stereocenters. The zero-order valence-corrected chi connectivity index (χ0v) is 9.46.